The zero-order chi connectivity index (χ0) is 14.4. The van der Waals surface area contributed by atoms with Crippen LogP contribution in [0.15, 0.2) is 4.99 Å². The second-order valence-corrected chi connectivity index (χ2v) is 5.88. The fourth-order valence-electron chi connectivity index (χ4n) is 2.07. The Kier molecular flexibility index (Phi) is 6.65. The summed E-state index contributed by atoms with van der Waals surface area (Å²) in [6, 6.07) is 0. The maximum Gasteiger partial charge on any atom is 0.309 e. The maximum atomic E-state index is 11.8. The first-order valence-electron chi connectivity index (χ1n) is 6.76. The van der Waals surface area contributed by atoms with Gasteiger partial charge in [0.05, 0.1) is 18.2 Å². The third-order valence-corrected chi connectivity index (χ3v) is 3.68. The van der Waals surface area contributed by atoms with Gasteiger partial charge in [0.25, 0.3) is 0 Å². The van der Waals surface area contributed by atoms with Gasteiger partial charge >= 0.3 is 5.97 Å². The number of carbonyl (C=O) groups is 1. The van der Waals surface area contributed by atoms with Crippen LogP contribution < -0.4 is 5.73 Å². The molecule has 0 aromatic carbocycles. The molecule has 0 bridgehead atoms. The lowest BCUT2D eigenvalue weighted by atomic mass is 9.97. The van der Waals surface area contributed by atoms with Crippen LogP contribution in [0.1, 0.15) is 33.6 Å². The molecule has 1 unspecified atom stereocenters. The summed E-state index contributed by atoms with van der Waals surface area (Å²) in [5.74, 6) is -0.0402. The highest BCUT2D eigenvalue weighted by Gasteiger charge is 2.27. The molecule has 2 N–H and O–H groups in total. The highest BCUT2D eigenvalue weighted by atomic mass is 32.2. The summed E-state index contributed by atoms with van der Waals surface area (Å²) >= 11 is 1.60. The monoisotopic (exact) mass is 287 g/mol. The second-order valence-electron chi connectivity index (χ2n) is 5.10. The van der Waals surface area contributed by atoms with E-state index < -0.39 is 0 Å². The molecule has 1 fully saturated rings. The summed E-state index contributed by atoms with van der Waals surface area (Å²) < 4.78 is 5.26. The Morgan fingerprint density at radius 2 is 1.95 bits per heavy atom. The minimum Gasteiger partial charge on any atom is -0.463 e. The average molecular weight is 287 g/mol. The van der Waals surface area contributed by atoms with Crippen molar-refractivity contribution in [3.8, 4) is 0 Å². The summed E-state index contributed by atoms with van der Waals surface area (Å²) in [6.45, 7) is 7.31. The van der Waals surface area contributed by atoms with Gasteiger partial charge in [-0.15, -0.1) is 0 Å². The van der Waals surface area contributed by atoms with Gasteiger partial charge in [0.2, 0.25) is 0 Å². The van der Waals surface area contributed by atoms with Gasteiger partial charge in [0.1, 0.15) is 0 Å². The van der Waals surface area contributed by atoms with Gasteiger partial charge in [0.15, 0.2) is 5.17 Å². The van der Waals surface area contributed by atoms with E-state index in [1.54, 1.807) is 11.8 Å². The SMILES string of the molecule is CSC(=NC(C)N)N1CCC(C(=O)OC(C)C)CC1. The minimum absolute atomic E-state index is 0.0251. The highest BCUT2D eigenvalue weighted by Crippen LogP contribution is 2.21. The molecule has 1 saturated heterocycles. The lowest BCUT2D eigenvalue weighted by Crippen LogP contribution is -2.40. The molecule has 1 aliphatic rings. The number of thioether (sulfide) groups is 1. The standard InChI is InChI=1S/C13H25N3O2S/c1-9(2)18-12(17)11-5-7-16(8-6-11)13(19-4)15-10(3)14/h9-11H,5-8,14H2,1-4H3. The molecule has 0 radical (unpaired) electrons. The number of esters is 1. The molecule has 1 atom stereocenters. The number of carbonyl (C=O) groups excluding carboxylic acids is 1. The molecular formula is C13H25N3O2S. The fourth-order valence-corrected chi connectivity index (χ4v) is 2.79. The smallest absolute Gasteiger partial charge is 0.309 e. The molecule has 6 heteroatoms. The van der Waals surface area contributed by atoms with E-state index >= 15 is 0 Å². The molecular weight excluding hydrogens is 262 g/mol. The maximum absolute atomic E-state index is 11.8. The molecule has 5 nitrogen and oxygen atoms in total. The van der Waals surface area contributed by atoms with E-state index in [0.717, 1.165) is 31.1 Å². The number of amidine groups is 1. The van der Waals surface area contributed by atoms with Crippen LogP contribution in [-0.2, 0) is 9.53 Å². The van der Waals surface area contributed by atoms with Crippen LogP contribution >= 0.6 is 11.8 Å². The van der Waals surface area contributed by atoms with Gasteiger partial charge in [-0.25, -0.2) is 4.99 Å². The highest BCUT2D eigenvalue weighted by molar-refractivity contribution is 8.13. The van der Waals surface area contributed by atoms with E-state index in [9.17, 15) is 4.79 Å². The fraction of sp³-hybridized carbons (Fsp3) is 0.846. The van der Waals surface area contributed by atoms with Crippen LogP contribution in [-0.4, -0.2) is 47.7 Å². The Morgan fingerprint density at radius 1 is 1.37 bits per heavy atom. The van der Waals surface area contributed by atoms with Crippen molar-refractivity contribution in [3.63, 3.8) is 0 Å². The van der Waals surface area contributed by atoms with Crippen LogP contribution in [0.4, 0.5) is 0 Å². The normalized spacial score (nSPS) is 19.7. The molecule has 0 spiro atoms. The number of piperidine rings is 1. The first-order valence-corrected chi connectivity index (χ1v) is 7.99. The number of nitrogens with zero attached hydrogens (tertiary/aromatic N) is 2. The third kappa shape index (κ3) is 5.40. The predicted molar refractivity (Wildman–Crippen MR) is 80.1 cm³/mol. The number of aliphatic imine (C=N–C) groups is 1. The topological polar surface area (TPSA) is 67.9 Å². The first-order chi connectivity index (χ1) is 8.93. The number of rotatable bonds is 3. The van der Waals surface area contributed by atoms with Crippen molar-refractivity contribution in [2.45, 2.75) is 45.9 Å². The molecule has 0 saturated carbocycles. The van der Waals surface area contributed by atoms with E-state index in [2.05, 4.69) is 9.89 Å². The average Bonchev–Trinajstić information content (AvgIpc) is 2.35. The largest absolute Gasteiger partial charge is 0.463 e. The third-order valence-electron chi connectivity index (χ3n) is 2.95. The van der Waals surface area contributed by atoms with E-state index in [4.69, 9.17) is 10.5 Å². The van der Waals surface area contributed by atoms with E-state index in [1.807, 2.05) is 27.0 Å². The summed E-state index contributed by atoms with van der Waals surface area (Å²) in [6.07, 6.45) is 3.42. The minimum atomic E-state index is -0.189. The lowest BCUT2D eigenvalue weighted by molar-refractivity contribution is -0.153. The van der Waals surface area contributed by atoms with E-state index in [1.165, 1.54) is 0 Å². The van der Waals surface area contributed by atoms with Crippen LogP contribution in [0, 0.1) is 5.92 Å². The van der Waals surface area contributed by atoms with Crippen LogP contribution in [0.2, 0.25) is 0 Å². The van der Waals surface area contributed by atoms with Crippen molar-refractivity contribution < 1.29 is 9.53 Å². The summed E-state index contributed by atoms with van der Waals surface area (Å²) in [5, 5.41) is 0.964. The Bertz CT molecular complexity index is 324. The summed E-state index contributed by atoms with van der Waals surface area (Å²) in [7, 11) is 0. The number of hydrogen-bond acceptors (Lipinski definition) is 5. The summed E-state index contributed by atoms with van der Waals surface area (Å²) in [5.41, 5.74) is 5.70. The summed E-state index contributed by atoms with van der Waals surface area (Å²) in [4.78, 5) is 18.4. The molecule has 0 amide bonds. The van der Waals surface area contributed by atoms with Crippen molar-refractivity contribution in [3.05, 3.63) is 0 Å². The Hall–Kier alpha value is -0.750. The molecule has 1 rings (SSSR count). The van der Waals surface area contributed by atoms with Gasteiger partial charge < -0.3 is 15.4 Å². The van der Waals surface area contributed by atoms with Crippen molar-refractivity contribution in [2.75, 3.05) is 19.3 Å². The van der Waals surface area contributed by atoms with Gasteiger partial charge in [-0.1, -0.05) is 11.8 Å². The number of hydrogen-bond donors (Lipinski definition) is 1. The van der Waals surface area contributed by atoms with Crippen molar-refractivity contribution in [1.29, 1.82) is 0 Å². The Labute approximate surface area is 120 Å². The van der Waals surface area contributed by atoms with Gasteiger partial charge in [-0.3, -0.25) is 4.79 Å². The molecule has 0 aliphatic carbocycles. The second kappa shape index (κ2) is 7.75. The van der Waals surface area contributed by atoms with Crippen molar-refractivity contribution in [1.82, 2.24) is 4.90 Å². The van der Waals surface area contributed by atoms with Gasteiger partial charge in [-0.05, 0) is 39.9 Å². The quantitative estimate of drug-likeness (QED) is 0.486. The Morgan fingerprint density at radius 3 is 2.37 bits per heavy atom. The lowest BCUT2D eigenvalue weighted by Gasteiger charge is -2.33. The molecule has 1 heterocycles. The molecule has 1 aliphatic heterocycles. The van der Waals surface area contributed by atoms with Crippen LogP contribution in [0.5, 0.6) is 0 Å². The molecule has 110 valence electrons. The number of nitrogens with two attached hydrogens (primary N) is 1. The van der Waals surface area contributed by atoms with E-state index in [-0.39, 0.29) is 24.2 Å². The van der Waals surface area contributed by atoms with E-state index in [0.29, 0.717) is 0 Å². The first kappa shape index (κ1) is 16.3. The molecule has 0 aromatic heterocycles. The number of ether oxygens (including phenoxy) is 1. The Balaban J connectivity index is 2.50. The van der Waals surface area contributed by atoms with Crippen molar-refractivity contribution >= 4 is 22.9 Å². The van der Waals surface area contributed by atoms with Gasteiger partial charge in [0, 0.05) is 13.1 Å². The molecule has 19 heavy (non-hydrogen) atoms. The predicted octanol–water partition coefficient (Wildman–Crippen LogP) is 1.67. The van der Waals surface area contributed by atoms with Crippen LogP contribution in [0.25, 0.3) is 0 Å². The zero-order valence-corrected chi connectivity index (χ0v) is 13.1. The van der Waals surface area contributed by atoms with Crippen molar-refractivity contribution in [2.24, 2.45) is 16.6 Å². The van der Waals surface area contributed by atoms with Crippen LogP contribution in [0.3, 0.4) is 0 Å². The number of likely N-dealkylation sites (tertiary alicyclic amines) is 1. The van der Waals surface area contributed by atoms with Gasteiger partial charge in [-0.2, -0.15) is 0 Å². The zero-order valence-electron chi connectivity index (χ0n) is 12.3. The molecule has 0 aromatic rings.